The average Bonchev–Trinajstić information content (AvgIpc) is 3.35. The summed E-state index contributed by atoms with van der Waals surface area (Å²) in [5.41, 5.74) is -3.75. The zero-order valence-corrected chi connectivity index (χ0v) is 21.0. The maximum Gasteiger partial charge on any atom is 0.339 e. The first-order valence-electron chi connectivity index (χ1n) is 11.7. The van der Waals surface area contributed by atoms with E-state index in [1.54, 1.807) is 17.2 Å². The fraction of sp³-hybridized carbons (Fsp3) is 0.375. The number of hydrogen-bond donors (Lipinski definition) is 1. The van der Waals surface area contributed by atoms with E-state index in [9.17, 15) is 17.8 Å². The topological polar surface area (TPSA) is 83.9 Å². The number of nitrogens with one attached hydrogen (secondary N) is 1. The maximum atomic E-state index is 16.1. The smallest absolute Gasteiger partial charge is 0.339 e. The van der Waals surface area contributed by atoms with Crippen LogP contribution in [-0.4, -0.2) is 50.3 Å². The third-order valence-electron chi connectivity index (χ3n) is 6.78. The molecule has 1 aromatic carbocycles. The van der Waals surface area contributed by atoms with E-state index in [1.165, 1.54) is 17.5 Å². The van der Waals surface area contributed by atoms with Gasteiger partial charge in [0.2, 0.25) is 0 Å². The second-order valence-corrected chi connectivity index (χ2v) is 11.5. The van der Waals surface area contributed by atoms with E-state index in [0.29, 0.717) is 5.01 Å². The molecule has 1 spiro atoms. The van der Waals surface area contributed by atoms with E-state index in [4.69, 9.17) is 4.74 Å². The molecule has 7 nitrogen and oxygen atoms in total. The third kappa shape index (κ3) is 3.62. The highest BCUT2D eigenvalue weighted by Gasteiger charge is 2.59. The molecule has 6 rings (SSSR count). The van der Waals surface area contributed by atoms with Crippen LogP contribution in [0.5, 0.6) is 0 Å². The molecule has 2 aliphatic heterocycles. The summed E-state index contributed by atoms with van der Waals surface area (Å²) in [5.74, 6) is -6.93. The number of halogens is 4. The Morgan fingerprint density at radius 2 is 2.08 bits per heavy atom. The summed E-state index contributed by atoms with van der Waals surface area (Å²) in [5, 5.41) is 2.07. The minimum absolute atomic E-state index is 0.0450. The molecule has 4 aliphatic rings. The van der Waals surface area contributed by atoms with Gasteiger partial charge in [0.05, 0.1) is 28.7 Å². The summed E-state index contributed by atoms with van der Waals surface area (Å²) in [6.45, 7) is 1.72. The molecule has 2 fully saturated rings. The zero-order valence-electron chi connectivity index (χ0n) is 19.4. The van der Waals surface area contributed by atoms with Crippen LogP contribution in [0.1, 0.15) is 42.3 Å². The van der Waals surface area contributed by atoms with Gasteiger partial charge in [0, 0.05) is 47.1 Å². The summed E-state index contributed by atoms with van der Waals surface area (Å²) in [4.78, 5) is 23.9. The number of amidine groups is 1. The predicted molar refractivity (Wildman–Crippen MR) is 129 cm³/mol. The lowest BCUT2D eigenvalue weighted by Gasteiger charge is -2.37. The number of ether oxygens (including phenoxy) is 1. The highest BCUT2D eigenvalue weighted by molar-refractivity contribution is 7.84. The molecule has 194 valence electrons. The monoisotopic (exact) mass is 552 g/mol. The molecule has 1 N–H and O–H groups in total. The van der Waals surface area contributed by atoms with Crippen LogP contribution < -0.4 is 4.72 Å². The Balaban J connectivity index is 1.60. The van der Waals surface area contributed by atoms with Crippen molar-refractivity contribution < 1.29 is 31.3 Å². The number of thiazole rings is 1. The van der Waals surface area contributed by atoms with E-state index in [2.05, 4.69) is 14.7 Å². The van der Waals surface area contributed by atoms with Gasteiger partial charge in [-0.1, -0.05) is 6.07 Å². The van der Waals surface area contributed by atoms with Crippen molar-refractivity contribution in [1.29, 1.82) is 0 Å². The van der Waals surface area contributed by atoms with Gasteiger partial charge in [-0.15, -0.1) is 11.3 Å². The second kappa shape index (κ2) is 8.84. The molecule has 1 aromatic heterocycles. The summed E-state index contributed by atoms with van der Waals surface area (Å²) >= 11 is 1.19. The first kappa shape index (κ1) is 24.4. The van der Waals surface area contributed by atoms with Gasteiger partial charge in [0.25, 0.3) is 0 Å². The molecule has 0 bridgehead atoms. The SMILES string of the molecule is CCOC(=O)C1=C2CC(NS(=O)C3CC3)CN2C(c2nccs2)=NC12C(F)=C(F)c1c2ccc(F)c1F. The van der Waals surface area contributed by atoms with Crippen molar-refractivity contribution in [3.05, 3.63) is 68.6 Å². The molecule has 1 saturated carbocycles. The first-order valence-corrected chi connectivity index (χ1v) is 13.8. The number of aromatic nitrogens is 1. The number of carbonyl (C=O) groups excluding carboxylic acids is 1. The average molecular weight is 553 g/mol. The van der Waals surface area contributed by atoms with Crippen LogP contribution in [-0.2, 0) is 26.1 Å². The lowest BCUT2D eigenvalue weighted by Crippen LogP contribution is -2.44. The summed E-state index contributed by atoms with van der Waals surface area (Å²) in [6, 6.07) is 1.37. The van der Waals surface area contributed by atoms with Crippen LogP contribution in [0.3, 0.4) is 0 Å². The van der Waals surface area contributed by atoms with E-state index < -0.39 is 57.4 Å². The van der Waals surface area contributed by atoms with Crippen LogP contribution in [0, 0.1) is 11.6 Å². The normalized spacial score (nSPS) is 25.5. The van der Waals surface area contributed by atoms with Gasteiger partial charge in [0.15, 0.2) is 39.7 Å². The van der Waals surface area contributed by atoms with Gasteiger partial charge >= 0.3 is 5.97 Å². The Kier molecular flexibility index (Phi) is 5.84. The van der Waals surface area contributed by atoms with Crippen molar-refractivity contribution in [2.45, 2.75) is 43.0 Å². The standard InChI is InChI=1S/C24H20F4N4O3S2/c1-2-35-23(33)17-15-9-11(31-37(34)12-3-4-12)10-32(15)21(22-29-7-8-36-22)30-24(17)13-5-6-14(25)18(26)16(13)19(27)20(24)28/h5-8,11-12,31H,2-4,9-10H2,1H3. The number of benzene rings is 1. The fourth-order valence-corrected chi connectivity index (χ4v) is 6.95. The van der Waals surface area contributed by atoms with E-state index in [0.717, 1.165) is 25.0 Å². The number of rotatable bonds is 6. The third-order valence-corrected chi connectivity index (χ3v) is 9.19. The molecule has 2 aromatic rings. The second-order valence-electron chi connectivity index (χ2n) is 9.06. The van der Waals surface area contributed by atoms with Crippen LogP contribution in [0.15, 0.2) is 45.8 Å². The van der Waals surface area contributed by atoms with E-state index in [-0.39, 0.29) is 47.5 Å². The predicted octanol–water partition coefficient (Wildman–Crippen LogP) is 4.01. The van der Waals surface area contributed by atoms with Crippen molar-refractivity contribution in [2.24, 2.45) is 4.99 Å². The van der Waals surface area contributed by atoms with Crippen LogP contribution in [0.2, 0.25) is 0 Å². The number of esters is 1. The molecular formula is C24H20F4N4O3S2. The van der Waals surface area contributed by atoms with E-state index >= 15 is 8.78 Å². The Morgan fingerprint density at radius 1 is 1.30 bits per heavy atom. The highest BCUT2D eigenvalue weighted by atomic mass is 32.2. The van der Waals surface area contributed by atoms with Crippen molar-refractivity contribution >= 4 is 40.0 Å². The van der Waals surface area contributed by atoms with Crippen LogP contribution in [0.4, 0.5) is 17.6 Å². The Morgan fingerprint density at radius 3 is 2.76 bits per heavy atom. The van der Waals surface area contributed by atoms with Gasteiger partial charge < -0.3 is 9.64 Å². The molecule has 0 radical (unpaired) electrons. The largest absolute Gasteiger partial charge is 0.462 e. The maximum absolute atomic E-state index is 16.1. The van der Waals surface area contributed by atoms with Crippen molar-refractivity contribution in [1.82, 2.24) is 14.6 Å². The van der Waals surface area contributed by atoms with Gasteiger partial charge in [-0.3, -0.25) is 0 Å². The fourth-order valence-electron chi connectivity index (χ4n) is 5.07. The van der Waals surface area contributed by atoms with Crippen LogP contribution >= 0.6 is 11.3 Å². The minimum atomic E-state index is -2.43. The first-order chi connectivity index (χ1) is 17.8. The lowest BCUT2D eigenvalue weighted by atomic mass is 9.81. The molecule has 0 amide bonds. The van der Waals surface area contributed by atoms with Crippen molar-refractivity contribution in [3.63, 3.8) is 0 Å². The van der Waals surface area contributed by atoms with Gasteiger partial charge in [-0.05, 0) is 25.8 Å². The molecule has 3 unspecified atom stereocenters. The molecule has 3 atom stereocenters. The molecular weight excluding hydrogens is 532 g/mol. The summed E-state index contributed by atoms with van der Waals surface area (Å²) < 4.78 is 81.2. The minimum Gasteiger partial charge on any atom is -0.462 e. The van der Waals surface area contributed by atoms with Crippen molar-refractivity contribution in [3.8, 4) is 0 Å². The molecule has 2 aliphatic carbocycles. The van der Waals surface area contributed by atoms with Gasteiger partial charge in [0.1, 0.15) is 0 Å². The summed E-state index contributed by atoms with van der Waals surface area (Å²) in [7, 11) is -1.31. The van der Waals surface area contributed by atoms with Gasteiger partial charge in [-0.2, -0.15) is 0 Å². The number of fused-ring (bicyclic) bond motifs is 3. The number of aliphatic imine (C=N–C) groups is 1. The quantitative estimate of drug-likeness (QED) is 0.433. The molecule has 1 saturated heterocycles. The Labute approximate surface area is 215 Å². The number of nitrogens with zero attached hydrogens (tertiary/aromatic N) is 3. The molecule has 37 heavy (non-hydrogen) atoms. The lowest BCUT2D eigenvalue weighted by molar-refractivity contribution is -0.139. The zero-order chi connectivity index (χ0) is 26.1. The van der Waals surface area contributed by atoms with E-state index in [1.807, 2.05) is 0 Å². The summed E-state index contributed by atoms with van der Waals surface area (Å²) in [6.07, 6.45) is 3.32. The number of hydrogen-bond acceptors (Lipinski definition) is 7. The van der Waals surface area contributed by atoms with Crippen LogP contribution in [0.25, 0.3) is 5.83 Å². The Bertz CT molecular complexity index is 1440. The van der Waals surface area contributed by atoms with Gasteiger partial charge in [-0.25, -0.2) is 41.3 Å². The van der Waals surface area contributed by atoms with Crippen molar-refractivity contribution in [2.75, 3.05) is 13.2 Å². The molecule has 13 heteroatoms. The Hall–Kier alpha value is -2.90. The highest BCUT2D eigenvalue weighted by Crippen LogP contribution is 2.57. The number of carbonyl (C=O) groups is 1. The molecule has 3 heterocycles.